The van der Waals surface area contributed by atoms with Gasteiger partial charge in [0.15, 0.2) is 0 Å². The van der Waals surface area contributed by atoms with Crippen LogP contribution in [0.1, 0.15) is 12.5 Å². The summed E-state index contributed by atoms with van der Waals surface area (Å²) < 4.78 is 4.73. The lowest BCUT2D eigenvalue weighted by molar-refractivity contribution is -0.384. The van der Waals surface area contributed by atoms with Crippen molar-refractivity contribution in [2.45, 2.75) is 34.5 Å². The van der Waals surface area contributed by atoms with Gasteiger partial charge >= 0.3 is 5.97 Å². The van der Waals surface area contributed by atoms with E-state index in [4.69, 9.17) is 16.3 Å². The van der Waals surface area contributed by atoms with Gasteiger partial charge in [0.05, 0.1) is 9.67 Å². The minimum Gasteiger partial charge on any atom is -0.459 e. The largest absolute Gasteiger partial charge is 0.459 e. The van der Waals surface area contributed by atoms with Crippen LogP contribution in [-0.4, -0.2) is 48.6 Å². The summed E-state index contributed by atoms with van der Waals surface area (Å²) in [5.41, 5.74) is 0.594. The molecule has 2 aliphatic rings. The number of alkyl halides is 2. The Bertz CT molecular complexity index is 733. The standard InChI is InChI=1S/C15H14BrClN2O5S/c1-15(7-17)11(18-12(20)10(16)13(18)25-15)14(21)24-6-8-2-4-9(5-3-8)19(22)23/h2-5,10-11,13H,6-7H2,1H3. The van der Waals surface area contributed by atoms with Gasteiger partial charge in [-0.15, -0.1) is 23.4 Å². The van der Waals surface area contributed by atoms with Gasteiger partial charge in [-0.25, -0.2) is 4.79 Å². The van der Waals surface area contributed by atoms with E-state index in [1.165, 1.54) is 40.9 Å². The summed E-state index contributed by atoms with van der Waals surface area (Å²) in [6, 6.07) is 5.01. The van der Waals surface area contributed by atoms with Crippen LogP contribution in [0.2, 0.25) is 0 Å². The first-order valence-electron chi connectivity index (χ1n) is 7.38. The molecule has 2 saturated heterocycles. The average molecular weight is 450 g/mol. The van der Waals surface area contributed by atoms with Gasteiger partial charge in [-0.05, 0) is 24.6 Å². The molecule has 2 heterocycles. The number of nitrogens with zero attached hydrogens (tertiary/aromatic N) is 2. The number of esters is 1. The predicted molar refractivity (Wildman–Crippen MR) is 96.7 cm³/mol. The maximum absolute atomic E-state index is 12.6. The molecule has 0 N–H and O–H groups in total. The van der Waals surface area contributed by atoms with Crippen LogP contribution < -0.4 is 0 Å². The number of ether oxygens (including phenoxy) is 1. The number of nitro groups is 1. The van der Waals surface area contributed by atoms with Crippen LogP contribution >= 0.6 is 39.3 Å². The van der Waals surface area contributed by atoms with Gasteiger partial charge in [0.1, 0.15) is 22.8 Å². The highest BCUT2D eigenvalue weighted by atomic mass is 79.9. The Hall–Kier alpha value is -1.32. The Morgan fingerprint density at radius 2 is 2.12 bits per heavy atom. The molecular formula is C15H14BrClN2O5S. The highest BCUT2D eigenvalue weighted by molar-refractivity contribution is 9.10. The number of rotatable bonds is 5. The number of thioether (sulfide) groups is 1. The first-order chi connectivity index (χ1) is 11.8. The van der Waals surface area contributed by atoms with E-state index in [1.807, 2.05) is 6.92 Å². The van der Waals surface area contributed by atoms with E-state index in [0.717, 1.165) is 0 Å². The number of β-lactam (4-membered cyclic amide) rings is 1. The van der Waals surface area contributed by atoms with Crippen LogP contribution in [0.4, 0.5) is 5.69 Å². The van der Waals surface area contributed by atoms with Crippen LogP contribution in [0, 0.1) is 10.1 Å². The second-order valence-corrected chi connectivity index (χ2v) is 8.94. The Labute approximate surface area is 161 Å². The zero-order chi connectivity index (χ0) is 18.4. The number of nitro benzene ring substituents is 1. The third kappa shape index (κ3) is 3.13. The lowest BCUT2D eigenvalue weighted by atomic mass is 9.98. The van der Waals surface area contributed by atoms with E-state index < -0.39 is 21.7 Å². The molecule has 3 rings (SSSR count). The fourth-order valence-corrected chi connectivity index (χ4v) is 5.57. The number of carbonyl (C=O) groups is 2. The molecule has 1 amide bonds. The number of fused-ring (bicyclic) bond motifs is 1. The van der Waals surface area contributed by atoms with Crippen molar-refractivity contribution in [3.05, 3.63) is 39.9 Å². The lowest BCUT2D eigenvalue weighted by Gasteiger charge is -2.41. The second-order valence-electron chi connectivity index (χ2n) is 6.04. The first-order valence-corrected chi connectivity index (χ1v) is 9.71. The summed E-state index contributed by atoms with van der Waals surface area (Å²) >= 11 is 10.9. The summed E-state index contributed by atoms with van der Waals surface area (Å²) in [5.74, 6) is -0.470. The number of hydrogen-bond acceptors (Lipinski definition) is 6. The van der Waals surface area contributed by atoms with Crippen molar-refractivity contribution in [3.63, 3.8) is 0 Å². The zero-order valence-electron chi connectivity index (χ0n) is 13.1. The van der Waals surface area contributed by atoms with E-state index >= 15 is 0 Å². The van der Waals surface area contributed by atoms with E-state index in [2.05, 4.69) is 15.9 Å². The molecule has 0 spiro atoms. The molecule has 0 aliphatic carbocycles. The molecule has 4 unspecified atom stereocenters. The predicted octanol–water partition coefficient (Wildman–Crippen LogP) is 2.68. The van der Waals surface area contributed by atoms with Crippen molar-refractivity contribution in [3.8, 4) is 0 Å². The molecule has 2 aliphatic heterocycles. The smallest absolute Gasteiger partial charge is 0.330 e. The molecule has 25 heavy (non-hydrogen) atoms. The minimum absolute atomic E-state index is 0.0270. The summed E-state index contributed by atoms with van der Waals surface area (Å²) in [7, 11) is 0. The first kappa shape index (κ1) is 18.5. The van der Waals surface area contributed by atoms with Crippen LogP contribution in [0.5, 0.6) is 0 Å². The molecule has 2 fully saturated rings. The molecule has 4 atom stereocenters. The van der Waals surface area contributed by atoms with Crippen molar-refractivity contribution in [1.82, 2.24) is 4.90 Å². The van der Waals surface area contributed by atoms with Crippen molar-refractivity contribution < 1.29 is 19.2 Å². The fourth-order valence-electron chi connectivity index (χ4n) is 2.89. The van der Waals surface area contributed by atoms with E-state index in [1.54, 1.807) is 0 Å². The summed E-state index contributed by atoms with van der Waals surface area (Å²) in [4.78, 5) is 36.0. The SMILES string of the molecule is CC1(CCl)SC2C(Br)C(=O)N2C1C(=O)OCc1ccc([N+](=O)[O-])cc1. The third-order valence-corrected chi connectivity index (χ3v) is 7.88. The maximum Gasteiger partial charge on any atom is 0.330 e. The van der Waals surface area contributed by atoms with Gasteiger partial charge in [-0.1, -0.05) is 15.9 Å². The Morgan fingerprint density at radius 1 is 1.48 bits per heavy atom. The molecule has 10 heteroatoms. The molecule has 7 nitrogen and oxygen atoms in total. The molecule has 0 radical (unpaired) electrons. The van der Waals surface area contributed by atoms with Crippen molar-refractivity contribution in [2.24, 2.45) is 0 Å². The van der Waals surface area contributed by atoms with Gasteiger partial charge in [-0.2, -0.15) is 0 Å². The van der Waals surface area contributed by atoms with E-state index in [9.17, 15) is 19.7 Å². The quantitative estimate of drug-likeness (QED) is 0.226. The minimum atomic E-state index is -0.751. The number of non-ortho nitro benzene ring substituents is 1. The van der Waals surface area contributed by atoms with Gasteiger partial charge < -0.3 is 9.64 Å². The number of carbonyl (C=O) groups excluding carboxylic acids is 2. The molecule has 1 aromatic carbocycles. The number of hydrogen-bond donors (Lipinski definition) is 0. The van der Waals surface area contributed by atoms with Crippen LogP contribution in [0.3, 0.4) is 0 Å². The molecular weight excluding hydrogens is 436 g/mol. The number of amides is 1. The molecule has 0 saturated carbocycles. The molecule has 1 aromatic rings. The highest BCUT2D eigenvalue weighted by Gasteiger charge is 2.64. The van der Waals surface area contributed by atoms with Gasteiger partial charge in [0, 0.05) is 18.0 Å². The van der Waals surface area contributed by atoms with Crippen molar-refractivity contribution in [1.29, 1.82) is 0 Å². The van der Waals surface area contributed by atoms with E-state index in [-0.39, 0.29) is 34.3 Å². The molecule has 0 bridgehead atoms. The number of benzene rings is 1. The van der Waals surface area contributed by atoms with Gasteiger partial charge in [-0.3, -0.25) is 14.9 Å². The monoisotopic (exact) mass is 448 g/mol. The van der Waals surface area contributed by atoms with Crippen LogP contribution in [-0.2, 0) is 20.9 Å². The fraction of sp³-hybridized carbons (Fsp3) is 0.467. The van der Waals surface area contributed by atoms with E-state index in [0.29, 0.717) is 5.56 Å². The summed E-state index contributed by atoms with van der Waals surface area (Å²) in [6.07, 6.45) is 0. The summed E-state index contributed by atoms with van der Waals surface area (Å²) in [5, 5.41) is 10.5. The molecule has 0 aromatic heterocycles. The van der Waals surface area contributed by atoms with Crippen LogP contribution in [0.15, 0.2) is 24.3 Å². The Kier molecular flexibility index (Phi) is 5.00. The maximum atomic E-state index is 12.6. The normalized spacial score (nSPS) is 30.6. The van der Waals surface area contributed by atoms with Gasteiger partial charge in [0.25, 0.3) is 5.69 Å². The van der Waals surface area contributed by atoms with Crippen LogP contribution in [0.25, 0.3) is 0 Å². The topological polar surface area (TPSA) is 89.8 Å². The Morgan fingerprint density at radius 3 is 2.68 bits per heavy atom. The second kappa shape index (κ2) is 6.77. The van der Waals surface area contributed by atoms with Crippen molar-refractivity contribution in [2.75, 3.05) is 5.88 Å². The number of halogens is 2. The average Bonchev–Trinajstić information content (AvgIpc) is 2.90. The van der Waals surface area contributed by atoms with Gasteiger partial charge in [0.2, 0.25) is 5.91 Å². The molecule has 134 valence electrons. The zero-order valence-corrected chi connectivity index (χ0v) is 16.2. The Balaban J connectivity index is 1.69. The third-order valence-electron chi connectivity index (χ3n) is 4.28. The highest BCUT2D eigenvalue weighted by Crippen LogP contribution is 2.53. The lowest BCUT2D eigenvalue weighted by Crippen LogP contribution is -2.64. The van der Waals surface area contributed by atoms with Crippen molar-refractivity contribution >= 4 is 56.9 Å². The summed E-state index contributed by atoms with van der Waals surface area (Å²) in [6.45, 7) is 1.81.